The van der Waals surface area contributed by atoms with Crippen molar-refractivity contribution < 1.29 is 18.3 Å². The summed E-state index contributed by atoms with van der Waals surface area (Å²) in [6.07, 6.45) is 0. The van der Waals surface area contributed by atoms with E-state index < -0.39 is 6.61 Å². The van der Waals surface area contributed by atoms with Gasteiger partial charge in [-0.25, -0.2) is 0 Å². The molecule has 0 bridgehead atoms. The molecular weight excluding hydrogens is 252 g/mol. The summed E-state index contributed by atoms with van der Waals surface area (Å²) >= 11 is 5.86. The van der Waals surface area contributed by atoms with Crippen LogP contribution in [0.5, 0.6) is 5.75 Å². The lowest BCUT2D eigenvalue weighted by Gasteiger charge is -2.25. The SMILES string of the molecule is FC(F)Oc1ccc(Cl)cc1C1COCCN1. The van der Waals surface area contributed by atoms with E-state index in [1.165, 1.54) is 12.1 Å². The molecule has 2 rings (SSSR count). The number of benzene rings is 1. The summed E-state index contributed by atoms with van der Waals surface area (Å²) in [6, 6.07) is 4.41. The molecule has 1 unspecified atom stereocenters. The summed E-state index contributed by atoms with van der Waals surface area (Å²) in [4.78, 5) is 0. The molecule has 1 N–H and O–H groups in total. The largest absolute Gasteiger partial charge is 0.434 e. The highest BCUT2D eigenvalue weighted by atomic mass is 35.5. The van der Waals surface area contributed by atoms with E-state index in [9.17, 15) is 8.78 Å². The van der Waals surface area contributed by atoms with Gasteiger partial charge in [0.2, 0.25) is 0 Å². The van der Waals surface area contributed by atoms with Crippen molar-refractivity contribution in [3.8, 4) is 5.75 Å². The summed E-state index contributed by atoms with van der Waals surface area (Å²) in [5, 5.41) is 3.65. The average molecular weight is 264 g/mol. The fourth-order valence-electron chi connectivity index (χ4n) is 1.76. The minimum atomic E-state index is -2.85. The van der Waals surface area contributed by atoms with Crippen LogP contribution in [0.2, 0.25) is 5.02 Å². The van der Waals surface area contributed by atoms with Gasteiger partial charge in [0, 0.05) is 17.1 Å². The van der Waals surface area contributed by atoms with Gasteiger partial charge in [-0.05, 0) is 18.2 Å². The molecule has 1 aliphatic heterocycles. The van der Waals surface area contributed by atoms with Crippen molar-refractivity contribution in [2.45, 2.75) is 12.7 Å². The zero-order valence-electron chi connectivity index (χ0n) is 8.96. The molecule has 17 heavy (non-hydrogen) atoms. The molecule has 1 aliphatic rings. The maximum atomic E-state index is 12.3. The molecule has 1 aromatic carbocycles. The van der Waals surface area contributed by atoms with Gasteiger partial charge < -0.3 is 14.8 Å². The van der Waals surface area contributed by atoms with Crippen molar-refractivity contribution in [1.82, 2.24) is 5.32 Å². The standard InChI is InChI=1S/C11H12ClF2NO2/c12-7-1-2-10(17-11(13)14)8(5-7)9-6-16-4-3-15-9/h1-2,5,9,11,15H,3-4,6H2. The lowest BCUT2D eigenvalue weighted by atomic mass is 10.1. The zero-order chi connectivity index (χ0) is 12.3. The number of alkyl halides is 2. The number of nitrogens with one attached hydrogen (secondary N) is 1. The van der Waals surface area contributed by atoms with Gasteiger partial charge in [-0.15, -0.1) is 0 Å². The van der Waals surface area contributed by atoms with Crippen LogP contribution >= 0.6 is 11.6 Å². The first-order valence-corrected chi connectivity index (χ1v) is 5.60. The van der Waals surface area contributed by atoms with E-state index in [0.717, 1.165) is 0 Å². The fraction of sp³-hybridized carbons (Fsp3) is 0.455. The Morgan fingerprint density at radius 1 is 1.47 bits per heavy atom. The van der Waals surface area contributed by atoms with Gasteiger partial charge in [-0.3, -0.25) is 0 Å². The molecule has 1 heterocycles. The van der Waals surface area contributed by atoms with Crippen LogP contribution in [0.1, 0.15) is 11.6 Å². The van der Waals surface area contributed by atoms with Crippen LogP contribution in [0, 0.1) is 0 Å². The molecule has 1 fully saturated rings. The van der Waals surface area contributed by atoms with Gasteiger partial charge in [-0.2, -0.15) is 8.78 Å². The Kier molecular flexibility index (Phi) is 4.15. The van der Waals surface area contributed by atoms with E-state index in [1.807, 2.05) is 0 Å². The quantitative estimate of drug-likeness (QED) is 0.909. The Bertz CT molecular complexity index is 384. The summed E-state index contributed by atoms with van der Waals surface area (Å²) in [6.45, 7) is -1.15. The molecule has 0 spiro atoms. The maximum Gasteiger partial charge on any atom is 0.387 e. The summed E-state index contributed by atoms with van der Waals surface area (Å²) < 4.78 is 34.3. The number of hydrogen-bond donors (Lipinski definition) is 1. The Balaban J connectivity index is 2.25. The number of morpholine rings is 1. The summed E-state index contributed by atoms with van der Waals surface area (Å²) in [5.41, 5.74) is 0.595. The van der Waals surface area contributed by atoms with E-state index in [2.05, 4.69) is 10.1 Å². The highest BCUT2D eigenvalue weighted by Crippen LogP contribution is 2.30. The molecule has 94 valence electrons. The Hall–Kier alpha value is -0.910. The van der Waals surface area contributed by atoms with Crippen molar-refractivity contribution in [3.63, 3.8) is 0 Å². The van der Waals surface area contributed by atoms with E-state index in [1.54, 1.807) is 6.07 Å². The fourth-order valence-corrected chi connectivity index (χ4v) is 1.94. The second-order valence-electron chi connectivity index (χ2n) is 3.64. The first kappa shape index (κ1) is 12.5. The smallest absolute Gasteiger partial charge is 0.387 e. The molecule has 0 saturated carbocycles. The van der Waals surface area contributed by atoms with Gasteiger partial charge in [0.25, 0.3) is 0 Å². The summed E-state index contributed by atoms with van der Waals surface area (Å²) in [5.74, 6) is 0.132. The topological polar surface area (TPSA) is 30.5 Å². The van der Waals surface area contributed by atoms with Gasteiger partial charge in [0.05, 0.1) is 19.3 Å². The third-order valence-electron chi connectivity index (χ3n) is 2.48. The number of halogens is 3. The minimum absolute atomic E-state index is 0.132. The molecule has 0 radical (unpaired) electrons. The van der Waals surface area contributed by atoms with Crippen molar-refractivity contribution in [1.29, 1.82) is 0 Å². The van der Waals surface area contributed by atoms with Crippen molar-refractivity contribution in [3.05, 3.63) is 28.8 Å². The maximum absolute atomic E-state index is 12.3. The molecule has 6 heteroatoms. The van der Waals surface area contributed by atoms with Gasteiger partial charge in [0.1, 0.15) is 5.75 Å². The highest BCUT2D eigenvalue weighted by Gasteiger charge is 2.21. The Morgan fingerprint density at radius 2 is 2.29 bits per heavy atom. The third kappa shape index (κ3) is 3.28. The molecule has 3 nitrogen and oxygen atoms in total. The van der Waals surface area contributed by atoms with E-state index >= 15 is 0 Å². The molecule has 0 aliphatic carbocycles. The second kappa shape index (κ2) is 5.62. The van der Waals surface area contributed by atoms with Gasteiger partial charge in [-0.1, -0.05) is 11.6 Å². The van der Waals surface area contributed by atoms with Crippen LogP contribution in [0.3, 0.4) is 0 Å². The van der Waals surface area contributed by atoms with Crippen LogP contribution < -0.4 is 10.1 Å². The monoisotopic (exact) mass is 263 g/mol. The van der Waals surface area contributed by atoms with E-state index in [0.29, 0.717) is 30.3 Å². The lowest BCUT2D eigenvalue weighted by molar-refractivity contribution is -0.0512. The Morgan fingerprint density at radius 3 is 2.94 bits per heavy atom. The first-order chi connectivity index (χ1) is 8.16. The zero-order valence-corrected chi connectivity index (χ0v) is 9.71. The van der Waals surface area contributed by atoms with Crippen molar-refractivity contribution in [2.75, 3.05) is 19.8 Å². The number of hydrogen-bond acceptors (Lipinski definition) is 3. The van der Waals surface area contributed by atoms with Gasteiger partial charge in [0.15, 0.2) is 0 Å². The lowest BCUT2D eigenvalue weighted by Crippen LogP contribution is -2.34. The molecule has 1 aromatic rings. The first-order valence-electron chi connectivity index (χ1n) is 5.22. The van der Waals surface area contributed by atoms with Crippen LogP contribution in [0.4, 0.5) is 8.78 Å². The second-order valence-corrected chi connectivity index (χ2v) is 4.08. The number of rotatable bonds is 3. The van der Waals surface area contributed by atoms with Crippen LogP contribution in [-0.2, 0) is 4.74 Å². The third-order valence-corrected chi connectivity index (χ3v) is 2.72. The van der Waals surface area contributed by atoms with E-state index in [-0.39, 0.29) is 11.8 Å². The van der Waals surface area contributed by atoms with Crippen molar-refractivity contribution >= 4 is 11.6 Å². The van der Waals surface area contributed by atoms with Crippen LogP contribution in [0.15, 0.2) is 18.2 Å². The number of ether oxygens (including phenoxy) is 2. The van der Waals surface area contributed by atoms with Gasteiger partial charge >= 0.3 is 6.61 Å². The normalized spacial score (nSPS) is 20.6. The minimum Gasteiger partial charge on any atom is -0.434 e. The Labute approximate surface area is 103 Å². The molecular formula is C11H12ClF2NO2. The van der Waals surface area contributed by atoms with Crippen LogP contribution in [-0.4, -0.2) is 26.4 Å². The highest BCUT2D eigenvalue weighted by molar-refractivity contribution is 6.30. The summed E-state index contributed by atoms with van der Waals surface area (Å²) in [7, 11) is 0. The molecule has 0 aromatic heterocycles. The predicted molar refractivity (Wildman–Crippen MR) is 59.6 cm³/mol. The van der Waals surface area contributed by atoms with E-state index in [4.69, 9.17) is 16.3 Å². The van der Waals surface area contributed by atoms with Crippen LogP contribution in [0.25, 0.3) is 0 Å². The molecule has 1 atom stereocenters. The molecule has 1 saturated heterocycles. The predicted octanol–water partition coefficient (Wildman–Crippen LogP) is 2.60. The van der Waals surface area contributed by atoms with Crippen molar-refractivity contribution in [2.24, 2.45) is 0 Å². The molecule has 0 amide bonds. The average Bonchev–Trinajstić information content (AvgIpc) is 2.32.